The molecule has 1 aromatic carbocycles. The lowest BCUT2D eigenvalue weighted by atomic mass is 10.1. The predicted octanol–water partition coefficient (Wildman–Crippen LogP) is 1.85. The van der Waals surface area contributed by atoms with Crippen molar-refractivity contribution in [3.8, 4) is 11.8 Å². The number of primary amides is 1. The molecule has 2 aromatic heterocycles. The van der Waals surface area contributed by atoms with Crippen molar-refractivity contribution >= 4 is 38.9 Å². The maximum atomic E-state index is 15.0. The van der Waals surface area contributed by atoms with Gasteiger partial charge >= 0.3 is 6.18 Å². The first-order valence-electron chi connectivity index (χ1n) is 11.5. The topological polar surface area (TPSA) is 131 Å². The molecule has 16 heteroatoms. The molecule has 1 aliphatic rings. The Morgan fingerprint density at radius 3 is 2.67 bits per heavy atom. The van der Waals surface area contributed by atoms with E-state index in [0.717, 1.165) is 6.08 Å². The summed E-state index contributed by atoms with van der Waals surface area (Å²) in [6.07, 6.45) is -3.51. The van der Waals surface area contributed by atoms with E-state index >= 15 is 4.39 Å². The fraction of sp³-hybridized carbons (Fsp3) is 0.333. The van der Waals surface area contributed by atoms with Gasteiger partial charge in [0.1, 0.15) is 22.7 Å². The minimum Gasteiger partial charge on any atom is -0.630 e. The summed E-state index contributed by atoms with van der Waals surface area (Å²) < 4.78 is 75.3. The summed E-state index contributed by atoms with van der Waals surface area (Å²) in [4.78, 5) is 31.4. The average Bonchev–Trinajstić information content (AvgIpc) is 3.57. The first kappa shape index (κ1) is 28.8. The highest BCUT2D eigenvalue weighted by Crippen LogP contribution is 2.36. The van der Waals surface area contributed by atoms with Crippen molar-refractivity contribution in [1.82, 2.24) is 24.6 Å². The van der Waals surface area contributed by atoms with Crippen molar-refractivity contribution < 1.29 is 36.3 Å². The van der Waals surface area contributed by atoms with Gasteiger partial charge in [-0.15, -0.1) is 5.16 Å². The number of carbonyl (C=O) groups excluding carboxylic acids is 2. The van der Waals surface area contributed by atoms with Gasteiger partial charge in [-0.2, -0.15) is 18.3 Å². The molecule has 0 bridgehead atoms. The number of anilines is 1. The van der Waals surface area contributed by atoms with Crippen LogP contribution in [0.1, 0.15) is 33.9 Å². The van der Waals surface area contributed by atoms with E-state index in [0.29, 0.717) is 6.07 Å². The minimum atomic E-state index is -4.92. The summed E-state index contributed by atoms with van der Waals surface area (Å²) in [5.41, 5.74) is 2.92. The summed E-state index contributed by atoms with van der Waals surface area (Å²) >= 11 is 0. The van der Waals surface area contributed by atoms with Crippen LogP contribution in [0.5, 0.6) is 0 Å². The number of imidazole rings is 1. The van der Waals surface area contributed by atoms with Crippen molar-refractivity contribution in [2.24, 2.45) is 5.73 Å². The van der Waals surface area contributed by atoms with Crippen LogP contribution in [0, 0.1) is 23.5 Å². The van der Waals surface area contributed by atoms with Crippen LogP contribution in [0.2, 0.25) is 0 Å². The second kappa shape index (κ2) is 10.4. The number of amides is 2. The third kappa shape index (κ3) is 4.93. The van der Waals surface area contributed by atoms with Gasteiger partial charge < -0.3 is 35.9 Å². The number of rotatable bonds is 6. The zero-order valence-electron chi connectivity index (χ0n) is 21.0. The fourth-order valence-electron chi connectivity index (χ4n) is 4.58. The Hall–Kier alpha value is -4.23. The lowest BCUT2D eigenvalue weighted by molar-refractivity contribution is -0.144. The van der Waals surface area contributed by atoms with Crippen LogP contribution in [0.25, 0.3) is 11.0 Å². The summed E-state index contributed by atoms with van der Waals surface area (Å²) in [7, 11) is 6.62. The number of alkyl halides is 3. The number of nitrogens with one attached hydrogen (secondary N) is 2. The number of aromatic amines is 1. The number of aromatic nitrogens is 4. The summed E-state index contributed by atoms with van der Waals surface area (Å²) in [6.45, 7) is 3.75. The van der Waals surface area contributed by atoms with Gasteiger partial charge in [-0.25, -0.2) is 13.8 Å². The first-order chi connectivity index (χ1) is 18.7. The van der Waals surface area contributed by atoms with Crippen molar-refractivity contribution in [1.29, 1.82) is 0 Å². The zero-order valence-corrected chi connectivity index (χ0v) is 22.0. The number of methoxy groups -OCH3 is 1. The largest absolute Gasteiger partial charge is 0.630 e. The molecule has 0 spiro atoms. The number of hydrogen-bond acceptors (Lipinski definition) is 6. The van der Waals surface area contributed by atoms with Gasteiger partial charge in [0.2, 0.25) is 11.7 Å². The van der Waals surface area contributed by atoms with Crippen LogP contribution in [0.3, 0.4) is 0 Å². The molecule has 1 aliphatic heterocycles. The lowest BCUT2D eigenvalue weighted by Gasteiger charge is -2.39. The molecule has 0 aliphatic carbocycles. The zero-order chi connectivity index (χ0) is 29.6. The van der Waals surface area contributed by atoms with Gasteiger partial charge in [0.05, 0.1) is 23.7 Å². The van der Waals surface area contributed by atoms with E-state index < -0.39 is 57.3 Å². The summed E-state index contributed by atoms with van der Waals surface area (Å²) in [6, 6.07) is 0.225. The number of carbonyl (C=O) groups is 2. The Bertz CT molecular complexity index is 1590. The lowest BCUT2D eigenvalue weighted by Crippen LogP contribution is -2.41. The van der Waals surface area contributed by atoms with Crippen molar-refractivity contribution in [3.05, 3.63) is 53.0 Å². The van der Waals surface area contributed by atoms with Crippen molar-refractivity contribution in [2.45, 2.75) is 23.8 Å². The number of H-pyrrole nitrogens is 1. The van der Waals surface area contributed by atoms with Crippen LogP contribution in [0.15, 0.2) is 18.7 Å². The highest BCUT2D eigenvalue weighted by molar-refractivity contribution is 6.15. The minimum absolute atomic E-state index is 0.0603. The molecule has 3 aromatic rings. The average molecular weight is 579 g/mol. The maximum Gasteiger partial charge on any atom is 0.449 e. The summed E-state index contributed by atoms with van der Waals surface area (Å²) in [5, 5.41) is 6.07. The Labute approximate surface area is 227 Å². The monoisotopic (exact) mass is 578 g/mol. The van der Waals surface area contributed by atoms with Gasteiger partial charge in [0.25, 0.3) is 5.91 Å². The van der Waals surface area contributed by atoms with Crippen LogP contribution in [0.4, 0.5) is 27.8 Å². The molecule has 3 heterocycles. The fourth-order valence-corrected chi connectivity index (χ4v) is 5.14. The Balaban J connectivity index is 1.83. The molecule has 40 heavy (non-hydrogen) atoms. The molecular weight excluding hydrogens is 557 g/mol. The highest BCUT2D eigenvalue weighted by atomic mass is 28.1. The van der Waals surface area contributed by atoms with Gasteiger partial charge in [0.15, 0.2) is 11.5 Å². The van der Waals surface area contributed by atoms with Gasteiger partial charge in [-0.3, -0.25) is 14.3 Å². The van der Waals surface area contributed by atoms with Crippen LogP contribution >= 0.6 is 0 Å². The van der Waals surface area contributed by atoms with Gasteiger partial charge in [-0.1, -0.05) is 12.5 Å². The van der Waals surface area contributed by atoms with E-state index in [2.05, 4.69) is 44.1 Å². The number of benzene rings is 1. The number of nitrogens with zero attached hydrogens (tertiary/aromatic N) is 4. The standard InChI is InChI=1S/C24H21F5N7O3Si/c1-4-16(37)35-10-23(40,8-11(35)9-39-3)36-21(31-2)17(20(30)38)14(34-36)6-5-12-13(25)7-15-19(18(12)26)33-22(32-15)24(27,28)29/h4,7,11,31H,1,8-10H2,2-3H3,(H2,30,38)(H,32,33)/q-1/t11-,23-/m1/s1. The number of likely N-dealkylation sites (tertiary alicyclic amines) is 1. The van der Waals surface area contributed by atoms with Gasteiger partial charge in [-0.05, 0) is 18.4 Å². The first-order valence-corrected chi connectivity index (χ1v) is 12.0. The molecule has 2 amide bonds. The molecule has 4 rings (SSSR count). The van der Waals surface area contributed by atoms with E-state index in [9.17, 15) is 27.2 Å². The quantitative estimate of drug-likeness (QED) is 0.177. The molecule has 1 saturated heterocycles. The smallest absolute Gasteiger partial charge is 0.449 e. The normalized spacial score (nSPS) is 19.0. The summed E-state index contributed by atoms with van der Waals surface area (Å²) in [5.74, 6) is -0.847. The predicted molar refractivity (Wildman–Crippen MR) is 133 cm³/mol. The van der Waals surface area contributed by atoms with Gasteiger partial charge in [0, 0.05) is 26.8 Å². The second-order valence-electron chi connectivity index (χ2n) is 8.89. The number of nitrogens with two attached hydrogens (primary N) is 1. The van der Waals surface area contributed by atoms with E-state index in [1.54, 1.807) is 0 Å². The van der Waals surface area contributed by atoms with Crippen LogP contribution in [-0.4, -0.2) is 80.1 Å². The number of fused-ring (bicyclic) bond motifs is 1. The molecule has 4 N–H and O–H groups in total. The molecule has 2 atom stereocenters. The van der Waals surface area contributed by atoms with Crippen LogP contribution < -0.4 is 11.1 Å². The molecule has 1 fully saturated rings. The molecule has 210 valence electrons. The SMILES string of the molecule is C=CC(=O)N1C[C@@]([Si-])(n2nc(C#Cc3c(F)cc4[nH]c(C(F)(F)F)nc4c3F)c(C(N)=O)c2NC)C[C@@H]1COC. The third-order valence-electron chi connectivity index (χ3n) is 6.28. The highest BCUT2D eigenvalue weighted by Gasteiger charge is 2.39. The Morgan fingerprint density at radius 1 is 1.40 bits per heavy atom. The van der Waals surface area contributed by atoms with E-state index in [4.69, 9.17) is 10.5 Å². The van der Waals surface area contributed by atoms with E-state index in [-0.39, 0.29) is 42.6 Å². The van der Waals surface area contributed by atoms with E-state index in [1.807, 2.05) is 4.98 Å². The van der Waals surface area contributed by atoms with Crippen molar-refractivity contribution in [3.63, 3.8) is 0 Å². The number of ether oxygens (including phenoxy) is 1. The Morgan fingerprint density at radius 2 is 2.10 bits per heavy atom. The van der Waals surface area contributed by atoms with E-state index in [1.165, 1.54) is 23.7 Å². The number of halogens is 5. The maximum absolute atomic E-state index is 15.0. The Kier molecular flexibility index (Phi) is 7.47. The molecule has 0 saturated carbocycles. The molecule has 2 radical (unpaired) electrons. The molecular formula is C24H21F5N7O3Si-. The molecule has 10 nitrogen and oxygen atoms in total. The van der Waals surface area contributed by atoms with Crippen LogP contribution in [-0.2, 0) is 20.9 Å². The van der Waals surface area contributed by atoms with Crippen molar-refractivity contribution in [2.75, 3.05) is 32.6 Å². The number of hydrogen-bond donors (Lipinski definition) is 3. The third-order valence-corrected chi connectivity index (χ3v) is 6.85. The molecule has 0 unspecified atom stereocenters. The second-order valence-corrected chi connectivity index (χ2v) is 9.82.